The van der Waals surface area contributed by atoms with E-state index in [1.54, 1.807) is 31.4 Å². The van der Waals surface area contributed by atoms with Crippen molar-refractivity contribution in [1.29, 1.82) is 0 Å². The molecular weight excluding hydrogens is 438 g/mol. The van der Waals surface area contributed by atoms with Gasteiger partial charge in [0.25, 0.3) is 5.91 Å². The topological polar surface area (TPSA) is 81.5 Å². The lowest BCUT2D eigenvalue weighted by Crippen LogP contribution is -2.26. The van der Waals surface area contributed by atoms with Crippen LogP contribution in [0.4, 0.5) is 5.69 Å². The number of rotatable bonds is 5. The minimum atomic E-state index is -0.451. The third kappa shape index (κ3) is 5.21. The first-order valence-electron chi connectivity index (χ1n) is 9.12. The molecule has 29 heavy (non-hydrogen) atoms. The number of para-hydroxylation sites is 1. The lowest BCUT2D eigenvalue weighted by molar-refractivity contribution is 0.102. The summed E-state index contributed by atoms with van der Waals surface area (Å²) in [7, 11) is 3.08. The van der Waals surface area contributed by atoms with Gasteiger partial charge in [-0.1, -0.05) is 35.0 Å². The smallest absolute Gasteiger partial charge is 0.322 e. The number of hydrogen-bond acceptors (Lipinski definition) is 6. The van der Waals surface area contributed by atoms with Crippen molar-refractivity contribution in [1.82, 2.24) is 0 Å². The van der Waals surface area contributed by atoms with Crippen molar-refractivity contribution >= 4 is 39.4 Å². The first kappa shape index (κ1) is 21.0. The summed E-state index contributed by atoms with van der Waals surface area (Å²) in [5.41, 5.74) is 2.15. The maximum Gasteiger partial charge on any atom is 0.322 e. The van der Waals surface area contributed by atoms with Crippen molar-refractivity contribution in [3.63, 3.8) is 0 Å². The Hall–Kier alpha value is -2.71. The summed E-state index contributed by atoms with van der Waals surface area (Å²) < 4.78 is 17.3. The van der Waals surface area contributed by atoms with E-state index < -0.39 is 6.23 Å². The van der Waals surface area contributed by atoms with Gasteiger partial charge in [0.2, 0.25) is 0 Å². The van der Waals surface area contributed by atoms with Gasteiger partial charge in [0, 0.05) is 17.3 Å². The molecule has 1 atom stereocenters. The van der Waals surface area contributed by atoms with E-state index in [1.165, 1.54) is 7.11 Å². The second kappa shape index (κ2) is 9.67. The molecule has 0 aromatic heterocycles. The van der Waals surface area contributed by atoms with E-state index in [1.807, 2.05) is 25.1 Å². The lowest BCUT2D eigenvalue weighted by atomic mass is 10.1. The van der Waals surface area contributed by atoms with Crippen LogP contribution in [-0.4, -0.2) is 38.3 Å². The number of amides is 1. The number of aryl methyl sites for hydroxylation is 1. The average Bonchev–Trinajstić information content (AvgIpc) is 2.74. The summed E-state index contributed by atoms with van der Waals surface area (Å²) in [6.45, 7) is 2.04. The van der Waals surface area contributed by atoms with E-state index in [2.05, 4.69) is 31.2 Å². The standard InChI is InChI=1S/C21H22BrN3O4/c1-4-13-11-14(22)9-10-16(13)23-20(26)15-7-5-6-8-17(15)29-21-24-18(27-2)12-19(25-21)28-3/h5-11,18H,4,12H2,1-3H3,(H,23,26). The molecule has 152 valence electrons. The van der Waals surface area contributed by atoms with E-state index >= 15 is 0 Å². The minimum Gasteiger partial charge on any atom is -0.484 e. The number of aliphatic imine (C=N–C) groups is 2. The second-order valence-electron chi connectivity index (χ2n) is 6.22. The van der Waals surface area contributed by atoms with Crippen molar-refractivity contribution in [2.24, 2.45) is 9.98 Å². The van der Waals surface area contributed by atoms with Crippen LogP contribution in [0.15, 0.2) is 56.9 Å². The highest BCUT2D eigenvalue weighted by atomic mass is 79.9. The second-order valence-corrected chi connectivity index (χ2v) is 7.14. The molecule has 1 amide bonds. The molecule has 7 nitrogen and oxygen atoms in total. The van der Waals surface area contributed by atoms with Crippen molar-refractivity contribution in [2.75, 3.05) is 19.5 Å². The van der Waals surface area contributed by atoms with Gasteiger partial charge in [0.15, 0.2) is 12.1 Å². The monoisotopic (exact) mass is 459 g/mol. The number of hydrogen-bond donors (Lipinski definition) is 1. The Kier molecular flexibility index (Phi) is 7.00. The molecule has 0 radical (unpaired) electrons. The Balaban J connectivity index is 1.85. The van der Waals surface area contributed by atoms with Gasteiger partial charge in [-0.2, -0.15) is 4.99 Å². The first-order valence-corrected chi connectivity index (χ1v) is 9.92. The molecule has 2 aromatic carbocycles. The van der Waals surface area contributed by atoms with Crippen LogP contribution in [0.5, 0.6) is 5.75 Å². The molecule has 0 bridgehead atoms. The fraction of sp³-hybridized carbons (Fsp3) is 0.286. The van der Waals surface area contributed by atoms with E-state index in [9.17, 15) is 4.79 Å². The predicted octanol–water partition coefficient (Wildman–Crippen LogP) is 4.42. The molecule has 1 heterocycles. The predicted molar refractivity (Wildman–Crippen MR) is 116 cm³/mol. The van der Waals surface area contributed by atoms with Gasteiger partial charge in [0.05, 0.1) is 19.1 Å². The quantitative estimate of drug-likeness (QED) is 0.717. The largest absolute Gasteiger partial charge is 0.484 e. The number of nitrogens with one attached hydrogen (secondary N) is 1. The highest BCUT2D eigenvalue weighted by Gasteiger charge is 2.22. The Morgan fingerprint density at radius 3 is 2.76 bits per heavy atom. The van der Waals surface area contributed by atoms with Crippen molar-refractivity contribution in [2.45, 2.75) is 26.0 Å². The summed E-state index contributed by atoms with van der Waals surface area (Å²) >= 11 is 3.46. The van der Waals surface area contributed by atoms with Crippen LogP contribution >= 0.6 is 15.9 Å². The Morgan fingerprint density at radius 1 is 1.24 bits per heavy atom. The highest BCUT2D eigenvalue weighted by molar-refractivity contribution is 9.10. The summed E-state index contributed by atoms with van der Waals surface area (Å²) in [6, 6.07) is 12.8. The van der Waals surface area contributed by atoms with Gasteiger partial charge < -0.3 is 19.5 Å². The molecule has 3 rings (SSSR count). The van der Waals surface area contributed by atoms with E-state index in [0.717, 1.165) is 22.1 Å². The number of amidine groups is 1. The van der Waals surface area contributed by atoms with Crippen LogP contribution in [0.2, 0.25) is 0 Å². The fourth-order valence-electron chi connectivity index (χ4n) is 2.82. The van der Waals surface area contributed by atoms with E-state index in [-0.39, 0.29) is 11.9 Å². The number of methoxy groups -OCH3 is 2. The summed E-state index contributed by atoms with van der Waals surface area (Å²) in [5.74, 6) is 0.509. The van der Waals surface area contributed by atoms with Crippen LogP contribution in [0.1, 0.15) is 29.3 Å². The third-order valence-corrected chi connectivity index (χ3v) is 4.85. The Labute approximate surface area is 177 Å². The normalized spacial score (nSPS) is 15.9. The molecule has 2 aromatic rings. The maximum absolute atomic E-state index is 12.9. The molecule has 0 saturated heterocycles. The lowest BCUT2D eigenvalue weighted by Gasteiger charge is -2.18. The van der Waals surface area contributed by atoms with E-state index in [4.69, 9.17) is 14.2 Å². The molecule has 1 aliphatic heterocycles. The number of benzene rings is 2. The Morgan fingerprint density at radius 2 is 2.03 bits per heavy atom. The van der Waals surface area contributed by atoms with E-state index in [0.29, 0.717) is 23.6 Å². The zero-order valence-electron chi connectivity index (χ0n) is 16.4. The number of carbonyl (C=O) groups excluding carboxylic acids is 1. The molecule has 1 unspecified atom stereocenters. The number of halogens is 1. The zero-order chi connectivity index (χ0) is 20.8. The van der Waals surface area contributed by atoms with Gasteiger partial charge in [-0.25, -0.2) is 4.99 Å². The highest BCUT2D eigenvalue weighted by Crippen LogP contribution is 2.25. The molecule has 0 saturated carbocycles. The van der Waals surface area contributed by atoms with Crippen LogP contribution in [0, 0.1) is 0 Å². The van der Waals surface area contributed by atoms with Gasteiger partial charge >= 0.3 is 6.02 Å². The molecule has 8 heteroatoms. The summed E-state index contributed by atoms with van der Waals surface area (Å²) in [5, 5.41) is 2.96. The van der Waals surface area contributed by atoms with Crippen LogP contribution in [0.25, 0.3) is 0 Å². The van der Waals surface area contributed by atoms with Gasteiger partial charge in [-0.15, -0.1) is 0 Å². The SMILES string of the molecule is CCc1cc(Br)ccc1NC(=O)c1ccccc1OC1=NC(OC)CC(OC)=N1. The van der Waals surface area contributed by atoms with Gasteiger partial charge in [-0.05, 0) is 42.3 Å². The van der Waals surface area contributed by atoms with Crippen molar-refractivity contribution < 1.29 is 19.0 Å². The van der Waals surface area contributed by atoms with Gasteiger partial charge in [0.1, 0.15) is 5.75 Å². The number of carbonyl (C=O) groups is 1. The first-order chi connectivity index (χ1) is 14.0. The van der Waals surface area contributed by atoms with Crippen molar-refractivity contribution in [3.8, 4) is 5.75 Å². The number of nitrogens with zero attached hydrogens (tertiary/aromatic N) is 2. The molecule has 1 aliphatic rings. The van der Waals surface area contributed by atoms with Crippen molar-refractivity contribution in [3.05, 3.63) is 58.1 Å². The molecule has 1 N–H and O–H groups in total. The molecular formula is C21H22BrN3O4. The fourth-order valence-corrected chi connectivity index (χ4v) is 3.23. The number of ether oxygens (including phenoxy) is 3. The molecule has 0 fully saturated rings. The molecule has 0 aliphatic carbocycles. The van der Waals surface area contributed by atoms with Crippen LogP contribution < -0.4 is 10.1 Å². The summed E-state index contributed by atoms with van der Waals surface area (Å²) in [6.07, 6.45) is 0.760. The maximum atomic E-state index is 12.9. The zero-order valence-corrected chi connectivity index (χ0v) is 18.0. The number of anilines is 1. The molecule has 0 spiro atoms. The van der Waals surface area contributed by atoms with Gasteiger partial charge in [-0.3, -0.25) is 4.79 Å². The van der Waals surface area contributed by atoms with Crippen LogP contribution in [-0.2, 0) is 15.9 Å². The third-order valence-electron chi connectivity index (χ3n) is 4.36. The van der Waals surface area contributed by atoms with Crippen LogP contribution in [0.3, 0.4) is 0 Å². The minimum absolute atomic E-state index is 0.0816. The average molecular weight is 460 g/mol. The Bertz CT molecular complexity index is 959. The summed E-state index contributed by atoms with van der Waals surface area (Å²) in [4.78, 5) is 21.4.